The van der Waals surface area contributed by atoms with E-state index in [0.717, 1.165) is 12.1 Å². The Balaban J connectivity index is 2.53. The van der Waals surface area contributed by atoms with Crippen LogP contribution in [-0.2, 0) is 9.84 Å². The van der Waals surface area contributed by atoms with Crippen LogP contribution in [0.25, 0.3) is 0 Å². The molecule has 0 saturated carbocycles. The molecule has 0 bridgehead atoms. The molecule has 0 radical (unpaired) electrons. The number of hydrogen-bond donors (Lipinski definition) is 1. The summed E-state index contributed by atoms with van der Waals surface area (Å²) in [5.41, 5.74) is 0.978. The van der Waals surface area contributed by atoms with Crippen LogP contribution in [0.1, 0.15) is 39.5 Å². The monoisotopic (exact) mass is 269 g/mol. The van der Waals surface area contributed by atoms with Gasteiger partial charge in [0.2, 0.25) is 0 Å². The number of rotatable bonds is 7. The Kier molecular flexibility index (Phi) is 5.66. The minimum Gasteiger partial charge on any atom is -0.383 e. The maximum Gasteiger partial charge on any atom is 0.175 e. The Morgan fingerprint density at radius 1 is 1.17 bits per heavy atom. The van der Waals surface area contributed by atoms with Gasteiger partial charge in [0.15, 0.2) is 9.84 Å². The van der Waals surface area contributed by atoms with Crippen LogP contribution >= 0.6 is 0 Å². The molecule has 4 heteroatoms. The van der Waals surface area contributed by atoms with Crippen LogP contribution in [0.15, 0.2) is 29.2 Å². The number of hydrogen-bond acceptors (Lipinski definition) is 3. The molecular formula is C14H23NO2S. The van der Waals surface area contributed by atoms with Crippen molar-refractivity contribution in [2.24, 2.45) is 0 Å². The van der Waals surface area contributed by atoms with Gasteiger partial charge in [-0.15, -0.1) is 0 Å². The van der Waals surface area contributed by atoms with E-state index in [1.54, 1.807) is 12.1 Å². The zero-order valence-corrected chi connectivity index (χ0v) is 12.3. The number of nitrogens with one attached hydrogen (secondary N) is 1. The van der Waals surface area contributed by atoms with Gasteiger partial charge in [-0.1, -0.05) is 26.2 Å². The molecule has 18 heavy (non-hydrogen) atoms. The number of anilines is 1. The summed E-state index contributed by atoms with van der Waals surface area (Å²) in [6.07, 6.45) is 6.09. The van der Waals surface area contributed by atoms with Crippen molar-refractivity contribution in [1.82, 2.24) is 0 Å². The highest BCUT2D eigenvalue weighted by Gasteiger charge is 2.07. The summed E-state index contributed by atoms with van der Waals surface area (Å²) in [7, 11) is -3.09. The van der Waals surface area contributed by atoms with Crippen molar-refractivity contribution >= 4 is 15.5 Å². The summed E-state index contributed by atoms with van der Waals surface area (Å²) in [5.74, 6) is 0. The van der Waals surface area contributed by atoms with E-state index in [1.807, 2.05) is 12.1 Å². The second-order valence-corrected chi connectivity index (χ2v) is 6.85. The normalized spacial score (nSPS) is 13.3. The van der Waals surface area contributed by atoms with E-state index >= 15 is 0 Å². The van der Waals surface area contributed by atoms with Crippen LogP contribution in [0, 0.1) is 0 Å². The SMILES string of the molecule is CCCCCC(C)Nc1ccc(S(C)(=O)=O)cc1. The summed E-state index contributed by atoms with van der Waals surface area (Å²) in [4.78, 5) is 0.367. The van der Waals surface area contributed by atoms with Gasteiger partial charge in [0.25, 0.3) is 0 Å². The molecule has 0 fully saturated rings. The first-order valence-electron chi connectivity index (χ1n) is 6.50. The lowest BCUT2D eigenvalue weighted by Gasteiger charge is -2.15. The Morgan fingerprint density at radius 2 is 1.78 bits per heavy atom. The quantitative estimate of drug-likeness (QED) is 0.771. The molecule has 0 aliphatic heterocycles. The first-order chi connectivity index (χ1) is 8.43. The van der Waals surface area contributed by atoms with Gasteiger partial charge in [-0.05, 0) is 37.6 Å². The highest BCUT2D eigenvalue weighted by atomic mass is 32.2. The molecule has 0 aliphatic carbocycles. The lowest BCUT2D eigenvalue weighted by Crippen LogP contribution is -2.14. The fourth-order valence-corrected chi connectivity index (χ4v) is 2.49. The second kappa shape index (κ2) is 6.78. The number of unbranched alkanes of at least 4 members (excludes halogenated alkanes) is 2. The highest BCUT2D eigenvalue weighted by Crippen LogP contribution is 2.16. The zero-order valence-electron chi connectivity index (χ0n) is 11.4. The molecule has 1 N–H and O–H groups in total. The van der Waals surface area contributed by atoms with Crippen LogP contribution in [-0.4, -0.2) is 20.7 Å². The third kappa shape index (κ3) is 5.08. The number of sulfone groups is 1. The summed E-state index contributed by atoms with van der Waals surface area (Å²) < 4.78 is 22.6. The minimum atomic E-state index is -3.09. The molecule has 1 aromatic carbocycles. The van der Waals surface area contributed by atoms with E-state index in [0.29, 0.717) is 10.9 Å². The molecule has 0 heterocycles. The summed E-state index contributed by atoms with van der Waals surface area (Å²) >= 11 is 0. The molecule has 0 amide bonds. The average molecular weight is 269 g/mol. The Bertz CT molecular complexity index is 451. The standard InChI is InChI=1S/C14H23NO2S/c1-4-5-6-7-12(2)15-13-8-10-14(11-9-13)18(3,16)17/h8-12,15H,4-7H2,1-3H3. The maximum absolute atomic E-state index is 11.3. The van der Waals surface area contributed by atoms with Crippen molar-refractivity contribution < 1.29 is 8.42 Å². The van der Waals surface area contributed by atoms with Gasteiger partial charge in [0, 0.05) is 18.0 Å². The molecule has 0 aliphatic rings. The molecule has 102 valence electrons. The highest BCUT2D eigenvalue weighted by molar-refractivity contribution is 7.90. The van der Waals surface area contributed by atoms with Crippen molar-refractivity contribution in [2.75, 3.05) is 11.6 Å². The fraction of sp³-hybridized carbons (Fsp3) is 0.571. The zero-order chi connectivity index (χ0) is 13.6. The minimum absolute atomic E-state index is 0.367. The van der Waals surface area contributed by atoms with Crippen molar-refractivity contribution in [3.05, 3.63) is 24.3 Å². The Morgan fingerprint density at radius 3 is 2.28 bits per heavy atom. The molecular weight excluding hydrogens is 246 g/mol. The van der Waals surface area contributed by atoms with Crippen molar-refractivity contribution in [3.8, 4) is 0 Å². The van der Waals surface area contributed by atoms with Gasteiger partial charge in [-0.2, -0.15) is 0 Å². The lowest BCUT2D eigenvalue weighted by atomic mass is 10.1. The van der Waals surface area contributed by atoms with Gasteiger partial charge >= 0.3 is 0 Å². The molecule has 1 rings (SSSR count). The van der Waals surface area contributed by atoms with Crippen LogP contribution in [0.5, 0.6) is 0 Å². The largest absolute Gasteiger partial charge is 0.383 e. The van der Waals surface area contributed by atoms with Gasteiger partial charge in [0.05, 0.1) is 4.90 Å². The van der Waals surface area contributed by atoms with Crippen LogP contribution in [0.2, 0.25) is 0 Å². The summed E-state index contributed by atoms with van der Waals surface area (Å²) in [6, 6.07) is 7.37. The molecule has 0 aromatic heterocycles. The Hall–Kier alpha value is -1.03. The predicted molar refractivity (Wildman–Crippen MR) is 76.8 cm³/mol. The van der Waals surface area contributed by atoms with Gasteiger partial charge < -0.3 is 5.32 Å². The van der Waals surface area contributed by atoms with E-state index in [1.165, 1.54) is 25.5 Å². The molecule has 0 saturated heterocycles. The van der Waals surface area contributed by atoms with Crippen LogP contribution in [0.3, 0.4) is 0 Å². The predicted octanol–water partition coefficient (Wildman–Crippen LogP) is 3.47. The Labute approximate surface area is 111 Å². The van der Waals surface area contributed by atoms with E-state index in [-0.39, 0.29) is 0 Å². The molecule has 1 unspecified atom stereocenters. The first kappa shape index (κ1) is 15.0. The van der Waals surface area contributed by atoms with Gasteiger partial charge in [-0.25, -0.2) is 8.42 Å². The van der Waals surface area contributed by atoms with Gasteiger partial charge in [-0.3, -0.25) is 0 Å². The smallest absolute Gasteiger partial charge is 0.175 e. The molecule has 3 nitrogen and oxygen atoms in total. The maximum atomic E-state index is 11.3. The number of benzene rings is 1. The molecule has 1 atom stereocenters. The summed E-state index contributed by atoms with van der Waals surface area (Å²) in [6.45, 7) is 4.35. The van der Waals surface area contributed by atoms with Gasteiger partial charge in [0.1, 0.15) is 0 Å². The lowest BCUT2D eigenvalue weighted by molar-refractivity contribution is 0.602. The van der Waals surface area contributed by atoms with E-state index in [4.69, 9.17) is 0 Å². The second-order valence-electron chi connectivity index (χ2n) is 4.84. The van der Waals surface area contributed by atoms with E-state index in [2.05, 4.69) is 19.2 Å². The molecule has 1 aromatic rings. The van der Waals surface area contributed by atoms with Crippen molar-refractivity contribution in [2.45, 2.75) is 50.5 Å². The average Bonchev–Trinajstić information content (AvgIpc) is 2.29. The first-order valence-corrected chi connectivity index (χ1v) is 8.39. The third-order valence-electron chi connectivity index (χ3n) is 2.94. The van der Waals surface area contributed by atoms with Crippen LogP contribution in [0.4, 0.5) is 5.69 Å². The summed E-state index contributed by atoms with van der Waals surface area (Å²) in [5, 5.41) is 3.38. The third-order valence-corrected chi connectivity index (χ3v) is 4.06. The molecule has 0 spiro atoms. The van der Waals surface area contributed by atoms with E-state index < -0.39 is 9.84 Å². The van der Waals surface area contributed by atoms with Crippen LogP contribution < -0.4 is 5.32 Å². The fourth-order valence-electron chi connectivity index (χ4n) is 1.86. The topological polar surface area (TPSA) is 46.2 Å². The van der Waals surface area contributed by atoms with E-state index in [9.17, 15) is 8.42 Å². The van der Waals surface area contributed by atoms with Crippen molar-refractivity contribution in [3.63, 3.8) is 0 Å². The van der Waals surface area contributed by atoms with Crippen molar-refractivity contribution in [1.29, 1.82) is 0 Å².